The molecule has 0 aromatic heterocycles. The number of aliphatic imine (C=N–C) groups is 1. The summed E-state index contributed by atoms with van der Waals surface area (Å²) in [7, 11) is 0. The van der Waals surface area contributed by atoms with Gasteiger partial charge in [-0.05, 0) is 31.0 Å². The quantitative estimate of drug-likeness (QED) is 0.282. The van der Waals surface area contributed by atoms with E-state index in [1.807, 2.05) is 19.1 Å². The number of amides is 1. The Hall–Kier alpha value is -1.31. The van der Waals surface area contributed by atoms with Gasteiger partial charge in [0.25, 0.3) is 5.91 Å². The number of nitrogens with one attached hydrogen (secondary N) is 2. The minimum atomic E-state index is -0.0525. The molecule has 5 nitrogen and oxygen atoms in total. The lowest BCUT2D eigenvalue weighted by molar-refractivity contribution is 0.0956. The Kier molecular flexibility index (Phi) is 10.7. The van der Waals surface area contributed by atoms with Crippen molar-refractivity contribution in [1.29, 1.82) is 0 Å². The van der Waals surface area contributed by atoms with E-state index in [4.69, 9.17) is 5.73 Å². The standard InChI is InChI=1S/C15H24N4O.HI/c1-3-5-10-18-15(16)19-11-12-6-8-13(9-7-12)14(20)17-4-2;/h6-9H,3-5,10-11H2,1-2H3,(H,17,20)(H3,16,18,19);1H. The molecule has 0 saturated carbocycles. The Bertz CT molecular complexity index is 445. The van der Waals surface area contributed by atoms with Crippen molar-refractivity contribution in [3.63, 3.8) is 0 Å². The first-order chi connectivity index (χ1) is 9.67. The third-order valence-electron chi connectivity index (χ3n) is 2.82. The molecule has 4 N–H and O–H groups in total. The average Bonchev–Trinajstić information content (AvgIpc) is 2.46. The van der Waals surface area contributed by atoms with Crippen molar-refractivity contribution in [2.75, 3.05) is 13.1 Å². The first-order valence-electron chi connectivity index (χ1n) is 7.08. The molecule has 118 valence electrons. The normalized spacial score (nSPS) is 10.7. The Labute approximate surface area is 143 Å². The lowest BCUT2D eigenvalue weighted by atomic mass is 10.1. The summed E-state index contributed by atoms with van der Waals surface area (Å²) in [6.45, 7) is 6.02. The maximum atomic E-state index is 11.6. The van der Waals surface area contributed by atoms with Crippen LogP contribution in [-0.2, 0) is 6.54 Å². The predicted molar refractivity (Wildman–Crippen MR) is 98.1 cm³/mol. The largest absolute Gasteiger partial charge is 0.370 e. The number of halogens is 1. The first-order valence-corrected chi connectivity index (χ1v) is 7.08. The van der Waals surface area contributed by atoms with Crippen molar-refractivity contribution in [3.8, 4) is 0 Å². The highest BCUT2D eigenvalue weighted by molar-refractivity contribution is 14.0. The topological polar surface area (TPSA) is 79.5 Å². The molecule has 0 fully saturated rings. The van der Waals surface area contributed by atoms with Crippen LogP contribution < -0.4 is 16.4 Å². The van der Waals surface area contributed by atoms with Gasteiger partial charge in [0, 0.05) is 18.7 Å². The lowest BCUT2D eigenvalue weighted by Crippen LogP contribution is -2.32. The molecular weight excluding hydrogens is 379 g/mol. The van der Waals surface area contributed by atoms with Crippen LogP contribution in [0.1, 0.15) is 42.6 Å². The van der Waals surface area contributed by atoms with Gasteiger partial charge in [0.05, 0.1) is 6.54 Å². The van der Waals surface area contributed by atoms with Crippen LogP contribution in [0.25, 0.3) is 0 Å². The van der Waals surface area contributed by atoms with Gasteiger partial charge in [0.15, 0.2) is 5.96 Å². The average molecular weight is 404 g/mol. The number of carbonyl (C=O) groups is 1. The number of hydrogen-bond donors (Lipinski definition) is 3. The molecule has 0 unspecified atom stereocenters. The maximum absolute atomic E-state index is 11.6. The Morgan fingerprint density at radius 3 is 2.43 bits per heavy atom. The van der Waals surface area contributed by atoms with Gasteiger partial charge < -0.3 is 16.4 Å². The highest BCUT2D eigenvalue weighted by Gasteiger charge is 2.03. The Morgan fingerprint density at radius 1 is 1.19 bits per heavy atom. The summed E-state index contributed by atoms with van der Waals surface area (Å²) >= 11 is 0. The minimum absolute atomic E-state index is 0. The molecule has 0 aliphatic heterocycles. The van der Waals surface area contributed by atoms with Crippen molar-refractivity contribution in [2.24, 2.45) is 10.7 Å². The van der Waals surface area contributed by atoms with Crippen LogP contribution in [0.5, 0.6) is 0 Å². The maximum Gasteiger partial charge on any atom is 0.251 e. The van der Waals surface area contributed by atoms with Crippen molar-refractivity contribution < 1.29 is 4.79 Å². The number of benzene rings is 1. The fourth-order valence-corrected chi connectivity index (χ4v) is 1.65. The summed E-state index contributed by atoms with van der Waals surface area (Å²) in [6, 6.07) is 7.40. The predicted octanol–water partition coefficient (Wildman–Crippen LogP) is 2.26. The van der Waals surface area contributed by atoms with E-state index in [0.29, 0.717) is 24.6 Å². The van der Waals surface area contributed by atoms with E-state index in [2.05, 4.69) is 22.5 Å². The van der Waals surface area contributed by atoms with E-state index in [9.17, 15) is 4.79 Å². The van der Waals surface area contributed by atoms with Crippen molar-refractivity contribution in [1.82, 2.24) is 10.6 Å². The molecule has 6 heteroatoms. The molecule has 0 spiro atoms. The molecule has 0 radical (unpaired) electrons. The molecule has 0 aliphatic carbocycles. The Morgan fingerprint density at radius 2 is 1.86 bits per heavy atom. The van der Waals surface area contributed by atoms with Crippen molar-refractivity contribution in [2.45, 2.75) is 33.2 Å². The van der Waals surface area contributed by atoms with Crippen LogP contribution in [0.4, 0.5) is 0 Å². The summed E-state index contributed by atoms with van der Waals surface area (Å²) in [4.78, 5) is 15.9. The zero-order chi connectivity index (χ0) is 14.8. The molecule has 0 bridgehead atoms. The first kappa shape index (κ1) is 19.7. The molecule has 1 amide bonds. The van der Waals surface area contributed by atoms with E-state index < -0.39 is 0 Å². The van der Waals surface area contributed by atoms with Crippen LogP contribution in [0.15, 0.2) is 29.3 Å². The molecule has 0 saturated heterocycles. The van der Waals surface area contributed by atoms with Gasteiger partial charge in [-0.3, -0.25) is 4.79 Å². The van der Waals surface area contributed by atoms with E-state index in [0.717, 1.165) is 24.9 Å². The SMILES string of the molecule is CCCCNC(N)=NCc1ccc(C(=O)NCC)cc1.I. The van der Waals surface area contributed by atoms with Gasteiger partial charge in [-0.2, -0.15) is 0 Å². The number of nitrogens with two attached hydrogens (primary N) is 1. The number of carbonyl (C=O) groups excluding carboxylic acids is 1. The van der Waals surface area contributed by atoms with Crippen LogP contribution in [0.2, 0.25) is 0 Å². The summed E-state index contributed by atoms with van der Waals surface area (Å²) in [5.74, 6) is 0.412. The van der Waals surface area contributed by atoms with E-state index in [1.54, 1.807) is 12.1 Å². The van der Waals surface area contributed by atoms with Gasteiger partial charge in [0.1, 0.15) is 0 Å². The fraction of sp³-hybridized carbons (Fsp3) is 0.467. The highest BCUT2D eigenvalue weighted by Crippen LogP contribution is 2.05. The van der Waals surface area contributed by atoms with Gasteiger partial charge >= 0.3 is 0 Å². The zero-order valence-electron chi connectivity index (χ0n) is 12.7. The van der Waals surface area contributed by atoms with Crippen molar-refractivity contribution >= 4 is 35.8 Å². The van der Waals surface area contributed by atoms with Gasteiger partial charge in [-0.15, -0.1) is 24.0 Å². The number of hydrogen-bond acceptors (Lipinski definition) is 2. The number of unbranched alkanes of at least 4 members (excludes halogenated alkanes) is 1. The van der Waals surface area contributed by atoms with Gasteiger partial charge in [-0.1, -0.05) is 25.5 Å². The zero-order valence-corrected chi connectivity index (χ0v) is 15.0. The van der Waals surface area contributed by atoms with E-state index >= 15 is 0 Å². The van der Waals surface area contributed by atoms with E-state index in [-0.39, 0.29) is 29.9 Å². The highest BCUT2D eigenvalue weighted by atomic mass is 127. The molecule has 21 heavy (non-hydrogen) atoms. The molecular formula is C15H25IN4O. The van der Waals surface area contributed by atoms with Crippen LogP contribution >= 0.6 is 24.0 Å². The molecule has 1 aromatic rings. The van der Waals surface area contributed by atoms with Crippen molar-refractivity contribution in [3.05, 3.63) is 35.4 Å². The molecule has 0 heterocycles. The monoisotopic (exact) mass is 404 g/mol. The number of nitrogens with zero attached hydrogens (tertiary/aromatic N) is 1. The Balaban J connectivity index is 0.00000400. The second-order valence-electron chi connectivity index (χ2n) is 4.54. The summed E-state index contributed by atoms with van der Waals surface area (Å²) in [5.41, 5.74) is 7.44. The molecule has 1 aromatic carbocycles. The van der Waals surface area contributed by atoms with Crippen LogP contribution in [0, 0.1) is 0 Å². The molecule has 0 aliphatic rings. The fourth-order valence-electron chi connectivity index (χ4n) is 1.65. The van der Waals surface area contributed by atoms with E-state index in [1.165, 1.54) is 0 Å². The second-order valence-corrected chi connectivity index (χ2v) is 4.54. The van der Waals surface area contributed by atoms with Gasteiger partial charge in [-0.25, -0.2) is 4.99 Å². The smallest absolute Gasteiger partial charge is 0.251 e. The summed E-state index contributed by atoms with van der Waals surface area (Å²) < 4.78 is 0. The third kappa shape index (κ3) is 7.89. The lowest BCUT2D eigenvalue weighted by Gasteiger charge is -2.05. The molecule has 0 atom stereocenters. The van der Waals surface area contributed by atoms with Crippen LogP contribution in [-0.4, -0.2) is 25.0 Å². The number of guanidine groups is 1. The third-order valence-corrected chi connectivity index (χ3v) is 2.82. The van der Waals surface area contributed by atoms with Gasteiger partial charge in [0.2, 0.25) is 0 Å². The van der Waals surface area contributed by atoms with Crippen LogP contribution in [0.3, 0.4) is 0 Å². The second kappa shape index (κ2) is 11.4. The molecule has 1 rings (SSSR count). The summed E-state index contributed by atoms with van der Waals surface area (Å²) in [6.07, 6.45) is 2.21. The number of rotatable bonds is 7. The summed E-state index contributed by atoms with van der Waals surface area (Å²) in [5, 5.41) is 5.83. The minimum Gasteiger partial charge on any atom is -0.370 e.